The number of aliphatic hydroxyl groups excluding tert-OH is 1. The highest BCUT2D eigenvalue weighted by Gasteiger charge is 2.43. The van der Waals surface area contributed by atoms with Crippen LogP contribution >= 0.6 is 0 Å². The van der Waals surface area contributed by atoms with Crippen LogP contribution in [0.5, 0.6) is 0 Å². The van der Waals surface area contributed by atoms with E-state index >= 15 is 0 Å². The lowest BCUT2D eigenvalue weighted by atomic mass is 9.76. The maximum absolute atomic E-state index is 11.7. The molecule has 1 saturated carbocycles. The van der Waals surface area contributed by atoms with Gasteiger partial charge in [0.05, 0.1) is 12.1 Å². The summed E-state index contributed by atoms with van der Waals surface area (Å²) in [7, 11) is 1.70. The van der Waals surface area contributed by atoms with Crippen molar-refractivity contribution in [3.63, 3.8) is 0 Å². The van der Waals surface area contributed by atoms with Gasteiger partial charge in [0.2, 0.25) is 0 Å². The van der Waals surface area contributed by atoms with Crippen molar-refractivity contribution in [2.75, 3.05) is 13.7 Å². The molecule has 0 bridgehead atoms. The molecule has 0 aliphatic heterocycles. The first-order chi connectivity index (χ1) is 6.81. The summed E-state index contributed by atoms with van der Waals surface area (Å²) in [6.45, 7) is 5.53. The Balaban J connectivity index is 2.60. The van der Waals surface area contributed by atoms with Crippen molar-refractivity contribution in [2.24, 2.45) is 0 Å². The molecule has 0 unspecified atom stereocenters. The maximum atomic E-state index is 11.7. The Labute approximate surface area is 91.2 Å². The van der Waals surface area contributed by atoms with Crippen LogP contribution in [0.1, 0.15) is 40.0 Å². The Morgan fingerprint density at radius 3 is 2.27 bits per heavy atom. The minimum absolute atomic E-state index is 0.0166. The molecule has 15 heavy (non-hydrogen) atoms. The van der Waals surface area contributed by atoms with Crippen molar-refractivity contribution in [3.8, 4) is 0 Å². The van der Waals surface area contributed by atoms with Crippen molar-refractivity contribution >= 4 is 6.09 Å². The number of ether oxygens (including phenoxy) is 1. The predicted octanol–water partition coefficient (Wildman–Crippen LogP) is 1.77. The maximum Gasteiger partial charge on any atom is 0.410 e. The summed E-state index contributed by atoms with van der Waals surface area (Å²) in [5.41, 5.74) is -0.853. The van der Waals surface area contributed by atoms with Gasteiger partial charge in [0.1, 0.15) is 5.60 Å². The molecule has 0 aromatic rings. The van der Waals surface area contributed by atoms with Gasteiger partial charge in [-0.1, -0.05) is 0 Å². The molecule has 1 aliphatic rings. The summed E-state index contributed by atoms with van der Waals surface area (Å²) in [5, 5.41) is 9.30. The van der Waals surface area contributed by atoms with E-state index in [1.54, 1.807) is 11.9 Å². The molecular formula is C11H21NO3. The molecule has 0 saturated heterocycles. The van der Waals surface area contributed by atoms with E-state index in [2.05, 4.69) is 0 Å². The average molecular weight is 215 g/mol. The Kier molecular flexibility index (Phi) is 3.28. The first-order valence-electron chi connectivity index (χ1n) is 5.38. The van der Waals surface area contributed by atoms with E-state index < -0.39 is 5.60 Å². The van der Waals surface area contributed by atoms with E-state index in [-0.39, 0.29) is 18.2 Å². The van der Waals surface area contributed by atoms with Crippen LogP contribution in [0.3, 0.4) is 0 Å². The van der Waals surface area contributed by atoms with Crippen LogP contribution in [-0.2, 0) is 4.74 Å². The predicted molar refractivity (Wildman–Crippen MR) is 57.7 cm³/mol. The molecule has 1 fully saturated rings. The molecule has 1 amide bonds. The average Bonchev–Trinajstić information content (AvgIpc) is 1.99. The van der Waals surface area contributed by atoms with E-state index in [4.69, 9.17) is 4.74 Å². The summed E-state index contributed by atoms with van der Waals surface area (Å²) in [6.07, 6.45) is 2.43. The number of hydrogen-bond acceptors (Lipinski definition) is 3. The van der Waals surface area contributed by atoms with Crippen LogP contribution in [0.2, 0.25) is 0 Å². The zero-order valence-corrected chi connectivity index (χ0v) is 10.0. The normalized spacial score (nSPS) is 19.3. The third-order valence-corrected chi connectivity index (χ3v) is 2.96. The van der Waals surface area contributed by atoms with Gasteiger partial charge < -0.3 is 14.7 Å². The minimum Gasteiger partial charge on any atom is -0.444 e. The number of carbonyl (C=O) groups excluding carboxylic acids is 1. The van der Waals surface area contributed by atoms with Gasteiger partial charge in [-0.05, 0) is 40.0 Å². The van der Waals surface area contributed by atoms with Gasteiger partial charge in [-0.2, -0.15) is 0 Å². The smallest absolute Gasteiger partial charge is 0.410 e. The second-order valence-electron chi connectivity index (χ2n) is 5.28. The Morgan fingerprint density at radius 2 is 2.00 bits per heavy atom. The third kappa shape index (κ3) is 2.62. The third-order valence-electron chi connectivity index (χ3n) is 2.96. The van der Waals surface area contributed by atoms with Gasteiger partial charge in [-0.3, -0.25) is 0 Å². The van der Waals surface area contributed by atoms with E-state index in [0.717, 1.165) is 19.3 Å². The number of amides is 1. The largest absolute Gasteiger partial charge is 0.444 e. The van der Waals surface area contributed by atoms with Crippen molar-refractivity contribution in [3.05, 3.63) is 0 Å². The van der Waals surface area contributed by atoms with Crippen LogP contribution < -0.4 is 0 Å². The molecule has 0 aromatic heterocycles. The van der Waals surface area contributed by atoms with Crippen LogP contribution in [0.15, 0.2) is 0 Å². The fourth-order valence-electron chi connectivity index (χ4n) is 1.71. The standard InChI is InChI=1S/C11H21NO3/c1-10(2,3)15-9(14)12(4)11(8-13)6-5-7-11/h13H,5-8H2,1-4H3. The summed E-state index contributed by atoms with van der Waals surface area (Å²) < 4.78 is 5.26. The van der Waals surface area contributed by atoms with Crippen molar-refractivity contribution in [1.29, 1.82) is 0 Å². The van der Waals surface area contributed by atoms with Crippen LogP contribution in [0.25, 0.3) is 0 Å². The van der Waals surface area contributed by atoms with Crippen LogP contribution in [-0.4, -0.2) is 40.9 Å². The Morgan fingerprint density at radius 1 is 1.47 bits per heavy atom. The van der Waals surface area contributed by atoms with E-state index in [0.29, 0.717) is 0 Å². The van der Waals surface area contributed by atoms with Crippen molar-refractivity contribution < 1.29 is 14.6 Å². The lowest BCUT2D eigenvalue weighted by Gasteiger charge is -2.47. The Hall–Kier alpha value is -0.770. The summed E-state index contributed by atoms with van der Waals surface area (Å²) in [6, 6.07) is 0. The topological polar surface area (TPSA) is 49.8 Å². The molecule has 0 spiro atoms. The number of hydrogen-bond donors (Lipinski definition) is 1. The molecule has 88 valence electrons. The zero-order valence-electron chi connectivity index (χ0n) is 10.0. The molecule has 1 rings (SSSR count). The van der Waals surface area contributed by atoms with E-state index in [1.807, 2.05) is 20.8 Å². The number of nitrogens with zero attached hydrogens (tertiary/aromatic N) is 1. The highest BCUT2D eigenvalue weighted by molar-refractivity contribution is 5.69. The van der Waals surface area contributed by atoms with Crippen molar-refractivity contribution in [2.45, 2.75) is 51.2 Å². The molecule has 0 heterocycles. The molecule has 0 radical (unpaired) electrons. The number of likely N-dealkylation sites (N-methyl/N-ethyl adjacent to an activating group) is 1. The highest BCUT2D eigenvalue weighted by atomic mass is 16.6. The van der Waals surface area contributed by atoms with Crippen LogP contribution in [0, 0.1) is 0 Å². The van der Waals surface area contributed by atoms with E-state index in [9.17, 15) is 9.90 Å². The van der Waals surface area contributed by atoms with Crippen LogP contribution in [0.4, 0.5) is 4.79 Å². The SMILES string of the molecule is CN(C(=O)OC(C)(C)C)C1(CO)CCC1. The second kappa shape index (κ2) is 4.00. The van der Waals surface area contributed by atoms with Gasteiger partial charge in [0.15, 0.2) is 0 Å². The highest BCUT2D eigenvalue weighted by Crippen LogP contribution is 2.37. The number of carbonyl (C=O) groups is 1. The quantitative estimate of drug-likeness (QED) is 0.763. The van der Waals surface area contributed by atoms with Crippen molar-refractivity contribution in [1.82, 2.24) is 4.90 Å². The first-order valence-corrected chi connectivity index (χ1v) is 5.38. The fraction of sp³-hybridized carbons (Fsp3) is 0.909. The Bertz CT molecular complexity index is 235. The number of rotatable bonds is 2. The molecular weight excluding hydrogens is 194 g/mol. The first kappa shape index (κ1) is 12.3. The van der Waals surface area contributed by atoms with E-state index in [1.165, 1.54) is 0 Å². The van der Waals surface area contributed by atoms with Gasteiger partial charge in [-0.15, -0.1) is 0 Å². The summed E-state index contributed by atoms with van der Waals surface area (Å²) in [4.78, 5) is 13.3. The van der Waals surface area contributed by atoms with Gasteiger partial charge >= 0.3 is 6.09 Å². The summed E-state index contributed by atoms with van der Waals surface area (Å²) in [5.74, 6) is 0. The molecule has 4 nitrogen and oxygen atoms in total. The molecule has 1 aliphatic carbocycles. The number of aliphatic hydroxyl groups is 1. The fourth-order valence-corrected chi connectivity index (χ4v) is 1.71. The monoisotopic (exact) mass is 215 g/mol. The lowest BCUT2D eigenvalue weighted by molar-refractivity contribution is -0.0376. The molecule has 1 N–H and O–H groups in total. The lowest BCUT2D eigenvalue weighted by Crippen LogP contribution is -2.57. The van der Waals surface area contributed by atoms with Gasteiger partial charge in [0.25, 0.3) is 0 Å². The molecule has 4 heteroatoms. The molecule has 0 aromatic carbocycles. The molecule has 0 atom stereocenters. The zero-order chi connectivity index (χ0) is 11.7. The second-order valence-corrected chi connectivity index (χ2v) is 5.28. The minimum atomic E-state index is -0.480. The summed E-state index contributed by atoms with van der Waals surface area (Å²) >= 11 is 0. The van der Waals surface area contributed by atoms with Gasteiger partial charge in [-0.25, -0.2) is 4.79 Å². The van der Waals surface area contributed by atoms with Gasteiger partial charge in [0, 0.05) is 7.05 Å².